The summed E-state index contributed by atoms with van der Waals surface area (Å²) in [6.07, 6.45) is 0.383. The predicted octanol–water partition coefficient (Wildman–Crippen LogP) is 2.01. The van der Waals surface area contributed by atoms with E-state index in [-0.39, 0.29) is 11.8 Å². The molecule has 1 aromatic carbocycles. The fourth-order valence-electron chi connectivity index (χ4n) is 1.31. The van der Waals surface area contributed by atoms with Crippen LogP contribution in [0.25, 0.3) is 0 Å². The molecule has 0 aliphatic carbocycles. The van der Waals surface area contributed by atoms with Crippen molar-refractivity contribution in [1.29, 1.82) is 0 Å². The molecular weight excluding hydrogens is 190 g/mol. The van der Waals surface area contributed by atoms with E-state index in [1.807, 2.05) is 13.8 Å². The van der Waals surface area contributed by atoms with E-state index in [4.69, 9.17) is 10.5 Å². The van der Waals surface area contributed by atoms with Crippen molar-refractivity contribution in [3.05, 3.63) is 29.8 Å². The third-order valence-electron chi connectivity index (χ3n) is 1.99. The Kier molecular flexibility index (Phi) is 4.31. The lowest BCUT2D eigenvalue weighted by Crippen LogP contribution is -2.19. The zero-order valence-electron chi connectivity index (χ0n) is 9.19. The van der Waals surface area contributed by atoms with Crippen LogP contribution in [-0.4, -0.2) is 18.4 Å². The first-order valence-corrected chi connectivity index (χ1v) is 5.15. The van der Waals surface area contributed by atoms with E-state index in [0.29, 0.717) is 18.6 Å². The Morgan fingerprint density at radius 3 is 2.47 bits per heavy atom. The molecule has 1 aromatic rings. The van der Waals surface area contributed by atoms with Gasteiger partial charge in [0.25, 0.3) is 0 Å². The van der Waals surface area contributed by atoms with Crippen molar-refractivity contribution in [3.63, 3.8) is 0 Å². The summed E-state index contributed by atoms with van der Waals surface area (Å²) >= 11 is 0. The van der Waals surface area contributed by atoms with Crippen LogP contribution >= 0.6 is 0 Å². The van der Waals surface area contributed by atoms with Crippen LogP contribution in [0.2, 0.25) is 0 Å². The molecule has 0 aliphatic heterocycles. The summed E-state index contributed by atoms with van der Waals surface area (Å²) in [6.45, 7) is 4.38. The number of carbonyl (C=O) groups is 1. The van der Waals surface area contributed by atoms with Gasteiger partial charge in [-0.25, -0.2) is 0 Å². The Morgan fingerprint density at radius 2 is 2.00 bits per heavy atom. The topological polar surface area (TPSA) is 52.3 Å². The number of ether oxygens (including phenoxy) is 1. The Labute approximate surface area is 90.2 Å². The molecule has 0 aromatic heterocycles. The van der Waals surface area contributed by atoms with Gasteiger partial charge in [-0.1, -0.05) is 0 Å². The van der Waals surface area contributed by atoms with Gasteiger partial charge in [-0.3, -0.25) is 4.79 Å². The lowest BCUT2D eigenvalue weighted by Gasteiger charge is -2.06. The maximum absolute atomic E-state index is 11.6. The van der Waals surface area contributed by atoms with Gasteiger partial charge in [-0.05, 0) is 38.1 Å². The van der Waals surface area contributed by atoms with Gasteiger partial charge in [-0.15, -0.1) is 0 Å². The van der Waals surface area contributed by atoms with Crippen molar-refractivity contribution in [2.45, 2.75) is 26.3 Å². The Morgan fingerprint density at radius 1 is 1.40 bits per heavy atom. The van der Waals surface area contributed by atoms with E-state index in [1.165, 1.54) is 0 Å². The highest BCUT2D eigenvalue weighted by Gasteiger charge is 2.07. The van der Waals surface area contributed by atoms with Gasteiger partial charge in [0.2, 0.25) is 0 Å². The van der Waals surface area contributed by atoms with Crippen molar-refractivity contribution in [3.8, 4) is 5.75 Å². The molecule has 0 aliphatic rings. The molecule has 0 bridgehead atoms. The lowest BCUT2D eigenvalue weighted by molar-refractivity contribution is 0.0976. The fourth-order valence-corrected chi connectivity index (χ4v) is 1.31. The largest absolute Gasteiger partial charge is 0.494 e. The molecule has 0 saturated heterocycles. The third-order valence-corrected chi connectivity index (χ3v) is 1.99. The summed E-state index contributed by atoms with van der Waals surface area (Å²) in [7, 11) is 0. The highest BCUT2D eigenvalue weighted by Crippen LogP contribution is 2.13. The predicted molar refractivity (Wildman–Crippen MR) is 60.2 cm³/mol. The van der Waals surface area contributed by atoms with Crippen LogP contribution in [0.15, 0.2) is 24.3 Å². The zero-order chi connectivity index (χ0) is 11.3. The number of hydrogen-bond donors (Lipinski definition) is 1. The van der Waals surface area contributed by atoms with E-state index in [1.54, 1.807) is 24.3 Å². The number of rotatable bonds is 5. The van der Waals surface area contributed by atoms with E-state index in [2.05, 4.69) is 0 Å². The maximum atomic E-state index is 11.6. The average molecular weight is 207 g/mol. The summed E-state index contributed by atoms with van der Waals surface area (Å²) in [5, 5.41) is 0. The molecule has 0 amide bonds. The molecule has 82 valence electrons. The van der Waals surface area contributed by atoms with Crippen LogP contribution in [0, 0.1) is 0 Å². The molecular formula is C12H17NO2. The molecule has 0 radical (unpaired) electrons. The second-order valence-corrected chi connectivity index (χ2v) is 3.56. The minimum atomic E-state index is -0.0935. The van der Waals surface area contributed by atoms with E-state index in [9.17, 15) is 4.79 Å². The molecule has 3 heteroatoms. The van der Waals surface area contributed by atoms with Crippen molar-refractivity contribution in [2.75, 3.05) is 6.61 Å². The van der Waals surface area contributed by atoms with Gasteiger partial charge < -0.3 is 10.5 Å². The highest BCUT2D eigenvalue weighted by atomic mass is 16.5. The number of Topliss-reactive ketones (excluding diaryl/α,β-unsaturated/α-hetero) is 1. The number of carbonyl (C=O) groups excluding carboxylic acids is 1. The SMILES string of the molecule is CCOc1ccc(C(=O)CC(C)N)cc1. The summed E-state index contributed by atoms with van der Waals surface area (Å²) in [6, 6.07) is 7.06. The highest BCUT2D eigenvalue weighted by molar-refractivity contribution is 5.96. The van der Waals surface area contributed by atoms with Crippen LogP contribution in [-0.2, 0) is 0 Å². The smallest absolute Gasteiger partial charge is 0.164 e. The van der Waals surface area contributed by atoms with Gasteiger partial charge in [-0.2, -0.15) is 0 Å². The lowest BCUT2D eigenvalue weighted by atomic mass is 10.1. The van der Waals surface area contributed by atoms with Gasteiger partial charge >= 0.3 is 0 Å². The molecule has 1 rings (SSSR count). The van der Waals surface area contributed by atoms with Gasteiger partial charge in [0.1, 0.15) is 5.75 Å². The van der Waals surface area contributed by atoms with Crippen molar-refractivity contribution < 1.29 is 9.53 Å². The van der Waals surface area contributed by atoms with Crippen LogP contribution < -0.4 is 10.5 Å². The molecule has 1 atom stereocenters. The van der Waals surface area contributed by atoms with Crippen molar-refractivity contribution in [1.82, 2.24) is 0 Å². The third kappa shape index (κ3) is 3.72. The molecule has 0 spiro atoms. The quantitative estimate of drug-likeness (QED) is 0.751. The van der Waals surface area contributed by atoms with Gasteiger partial charge in [0.15, 0.2) is 5.78 Å². The zero-order valence-corrected chi connectivity index (χ0v) is 9.19. The maximum Gasteiger partial charge on any atom is 0.164 e. The first kappa shape index (κ1) is 11.7. The normalized spacial score (nSPS) is 12.2. The van der Waals surface area contributed by atoms with Crippen molar-refractivity contribution >= 4 is 5.78 Å². The monoisotopic (exact) mass is 207 g/mol. The van der Waals surface area contributed by atoms with Crippen molar-refractivity contribution in [2.24, 2.45) is 5.73 Å². The summed E-state index contributed by atoms with van der Waals surface area (Å²) in [5.41, 5.74) is 6.25. The standard InChI is InChI=1S/C12H17NO2/c1-3-15-11-6-4-10(5-7-11)12(14)8-9(2)13/h4-7,9H,3,8,13H2,1-2H3. The van der Waals surface area contributed by atoms with Crippen LogP contribution in [0.4, 0.5) is 0 Å². The molecule has 2 N–H and O–H groups in total. The number of ketones is 1. The second-order valence-electron chi connectivity index (χ2n) is 3.56. The average Bonchev–Trinajstić information content (AvgIpc) is 2.18. The second kappa shape index (κ2) is 5.51. The van der Waals surface area contributed by atoms with E-state index in [0.717, 1.165) is 5.75 Å². The Bertz CT molecular complexity index is 317. The first-order valence-electron chi connectivity index (χ1n) is 5.15. The molecule has 0 fully saturated rings. The minimum absolute atomic E-state index is 0.0769. The first-order chi connectivity index (χ1) is 7.13. The van der Waals surface area contributed by atoms with Crippen LogP contribution in [0.1, 0.15) is 30.6 Å². The number of hydrogen-bond acceptors (Lipinski definition) is 3. The van der Waals surface area contributed by atoms with Gasteiger partial charge in [0.05, 0.1) is 6.61 Å². The molecule has 15 heavy (non-hydrogen) atoms. The summed E-state index contributed by atoms with van der Waals surface area (Å²) in [4.78, 5) is 11.6. The Hall–Kier alpha value is -1.35. The number of benzene rings is 1. The van der Waals surface area contributed by atoms with Crippen LogP contribution in [0.5, 0.6) is 5.75 Å². The van der Waals surface area contributed by atoms with Crippen LogP contribution in [0.3, 0.4) is 0 Å². The van der Waals surface area contributed by atoms with E-state index >= 15 is 0 Å². The molecule has 0 heterocycles. The molecule has 1 unspecified atom stereocenters. The van der Waals surface area contributed by atoms with E-state index < -0.39 is 0 Å². The summed E-state index contributed by atoms with van der Waals surface area (Å²) < 4.78 is 5.29. The molecule has 3 nitrogen and oxygen atoms in total. The molecule has 0 saturated carbocycles. The van der Waals surface area contributed by atoms with Gasteiger partial charge in [0, 0.05) is 18.0 Å². The Balaban J connectivity index is 2.67. The number of nitrogens with two attached hydrogens (primary N) is 1. The summed E-state index contributed by atoms with van der Waals surface area (Å²) in [5.74, 6) is 0.864. The minimum Gasteiger partial charge on any atom is -0.494 e. The fraction of sp³-hybridized carbons (Fsp3) is 0.417.